The molecule has 0 saturated heterocycles. The number of aryl methyl sites for hydroxylation is 1. The van der Waals surface area contributed by atoms with Crippen LogP contribution in [0.25, 0.3) is 10.4 Å². The molecule has 0 amide bonds. The van der Waals surface area contributed by atoms with Crippen molar-refractivity contribution in [1.29, 1.82) is 0 Å². The summed E-state index contributed by atoms with van der Waals surface area (Å²) in [5.41, 5.74) is 3.31. The summed E-state index contributed by atoms with van der Waals surface area (Å²) in [6.45, 7) is 2.46. The number of hydrogen-bond acceptors (Lipinski definition) is 8. The van der Waals surface area contributed by atoms with Crippen LogP contribution in [0, 0.1) is 6.92 Å². The first-order valence-corrected chi connectivity index (χ1v) is 11.3. The first kappa shape index (κ1) is 20.5. The van der Waals surface area contributed by atoms with Gasteiger partial charge >= 0.3 is 0 Å². The molecule has 4 aromatic rings. The lowest BCUT2D eigenvalue weighted by molar-refractivity contribution is -0.0389. The first-order valence-electron chi connectivity index (χ1n) is 10.5. The Morgan fingerprint density at radius 1 is 1.09 bits per heavy atom. The second kappa shape index (κ2) is 8.64. The predicted molar refractivity (Wildman–Crippen MR) is 124 cm³/mol. The largest absolute Gasteiger partial charge is 0.473 e. The van der Waals surface area contributed by atoms with Crippen molar-refractivity contribution in [1.82, 2.24) is 19.9 Å². The molecule has 0 atom stereocenters. The van der Waals surface area contributed by atoms with Crippen molar-refractivity contribution in [3.63, 3.8) is 0 Å². The number of hydrogen-bond donors (Lipinski definition) is 2. The molecule has 1 aliphatic carbocycles. The average molecular weight is 446 g/mol. The Morgan fingerprint density at radius 2 is 1.94 bits per heavy atom. The van der Waals surface area contributed by atoms with Crippen LogP contribution in [0.3, 0.4) is 0 Å². The van der Waals surface area contributed by atoms with E-state index in [4.69, 9.17) is 4.74 Å². The fourth-order valence-electron chi connectivity index (χ4n) is 3.59. The summed E-state index contributed by atoms with van der Waals surface area (Å²) in [5, 5.41) is 14.7. The molecule has 3 aromatic heterocycles. The van der Waals surface area contributed by atoms with Crippen molar-refractivity contribution in [2.45, 2.75) is 38.4 Å². The van der Waals surface area contributed by atoms with Gasteiger partial charge in [0, 0.05) is 36.5 Å². The number of ether oxygens (including phenoxy) is 1. The molecule has 8 heteroatoms. The van der Waals surface area contributed by atoms with E-state index in [1.54, 1.807) is 36.0 Å². The highest BCUT2D eigenvalue weighted by Gasteiger charge is 2.39. The Labute approximate surface area is 190 Å². The molecular formula is C24H23N5O2S. The van der Waals surface area contributed by atoms with Crippen LogP contribution in [0.4, 0.5) is 11.6 Å². The van der Waals surface area contributed by atoms with E-state index < -0.39 is 5.60 Å². The molecule has 7 nitrogen and oxygen atoms in total. The van der Waals surface area contributed by atoms with E-state index in [1.807, 2.05) is 37.4 Å². The van der Waals surface area contributed by atoms with Gasteiger partial charge in [-0.2, -0.15) is 4.98 Å². The van der Waals surface area contributed by atoms with E-state index in [1.165, 1.54) is 0 Å². The number of rotatable bonds is 7. The van der Waals surface area contributed by atoms with Gasteiger partial charge in [-0.25, -0.2) is 9.97 Å². The van der Waals surface area contributed by atoms with Gasteiger partial charge in [-0.05, 0) is 67.1 Å². The van der Waals surface area contributed by atoms with Crippen molar-refractivity contribution >= 4 is 23.0 Å². The molecule has 32 heavy (non-hydrogen) atoms. The van der Waals surface area contributed by atoms with E-state index >= 15 is 0 Å². The monoisotopic (exact) mass is 445 g/mol. The van der Waals surface area contributed by atoms with E-state index in [9.17, 15) is 5.11 Å². The average Bonchev–Trinajstić information content (AvgIpc) is 3.27. The van der Waals surface area contributed by atoms with Crippen molar-refractivity contribution in [2.75, 3.05) is 5.32 Å². The first-order chi connectivity index (χ1) is 15.6. The van der Waals surface area contributed by atoms with Crippen LogP contribution >= 0.6 is 11.3 Å². The van der Waals surface area contributed by atoms with Crippen LogP contribution in [0.5, 0.6) is 5.88 Å². The normalized spacial score (nSPS) is 14.6. The van der Waals surface area contributed by atoms with Crippen LogP contribution < -0.4 is 10.1 Å². The summed E-state index contributed by atoms with van der Waals surface area (Å²) < 4.78 is 5.79. The zero-order valence-corrected chi connectivity index (χ0v) is 18.5. The molecule has 0 unspecified atom stereocenters. The number of nitrogens with one attached hydrogen (secondary N) is 1. The van der Waals surface area contributed by atoms with Gasteiger partial charge in [-0.3, -0.25) is 4.98 Å². The fourth-order valence-corrected chi connectivity index (χ4v) is 4.64. The molecule has 1 fully saturated rings. The summed E-state index contributed by atoms with van der Waals surface area (Å²) in [6.07, 6.45) is 9.62. The fraction of sp³-hybridized carbons (Fsp3) is 0.250. The third-order valence-electron chi connectivity index (χ3n) is 5.47. The quantitative estimate of drug-likeness (QED) is 0.414. The second-order valence-corrected chi connectivity index (χ2v) is 9.02. The molecule has 0 aliphatic heterocycles. The highest BCUT2D eigenvalue weighted by atomic mass is 32.1. The highest BCUT2D eigenvalue weighted by Crippen LogP contribution is 2.44. The second-order valence-electron chi connectivity index (χ2n) is 7.99. The van der Waals surface area contributed by atoms with Crippen LogP contribution in [-0.4, -0.2) is 25.0 Å². The molecule has 0 spiro atoms. The molecule has 0 radical (unpaired) electrons. The van der Waals surface area contributed by atoms with Gasteiger partial charge < -0.3 is 15.2 Å². The Morgan fingerprint density at radius 3 is 2.72 bits per heavy atom. The number of aromatic nitrogens is 4. The highest BCUT2D eigenvalue weighted by molar-refractivity contribution is 7.15. The van der Waals surface area contributed by atoms with Crippen molar-refractivity contribution in [3.8, 4) is 16.3 Å². The Hall–Kier alpha value is -3.36. The number of aliphatic hydroxyl groups is 1. The van der Waals surface area contributed by atoms with Crippen LogP contribution in [-0.2, 0) is 12.2 Å². The number of pyridine rings is 1. The molecule has 2 N–H and O–H groups in total. The molecule has 162 valence electrons. The van der Waals surface area contributed by atoms with Crippen LogP contribution in [0.2, 0.25) is 0 Å². The maximum Gasteiger partial charge on any atom is 0.230 e. The third kappa shape index (κ3) is 4.46. The smallest absolute Gasteiger partial charge is 0.230 e. The predicted octanol–water partition coefficient (Wildman–Crippen LogP) is 5.00. The minimum absolute atomic E-state index is 0.410. The maximum atomic E-state index is 10.6. The minimum Gasteiger partial charge on any atom is -0.473 e. The van der Waals surface area contributed by atoms with E-state index in [-0.39, 0.29) is 0 Å². The summed E-state index contributed by atoms with van der Waals surface area (Å²) >= 11 is 1.55. The molecule has 0 bridgehead atoms. The topological polar surface area (TPSA) is 93.1 Å². The van der Waals surface area contributed by atoms with Gasteiger partial charge in [0.1, 0.15) is 17.2 Å². The molecule has 1 aliphatic rings. The summed E-state index contributed by atoms with van der Waals surface area (Å²) in [5.74, 6) is 0.954. The van der Waals surface area contributed by atoms with E-state index in [2.05, 4.69) is 31.3 Å². The molecule has 1 aromatic carbocycles. The van der Waals surface area contributed by atoms with Crippen LogP contribution in [0.15, 0.2) is 61.2 Å². The molecular weight excluding hydrogens is 422 g/mol. The Kier molecular flexibility index (Phi) is 5.55. The maximum absolute atomic E-state index is 10.6. The van der Waals surface area contributed by atoms with Gasteiger partial charge in [0.2, 0.25) is 11.8 Å². The lowest BCUT2D eigenvalue weighted by Crippen LogP contribution is -2.33. The van der Waals surface area contributed by atoms with Gasteiger partial charge in [-0.15, -0.1) is 11.3 Å². The lowest BCUT2D eigenvalue weighted by atomic mass is 9.81. The SMILES string of the molecule is Cc1cc(Nc2nccc(OCc3ccncc3)n2)cc(-c2cnc(C3(O)CCC3)s2)c1. The van der Waals surface area contributed by atoms with Gasteiger partial charge in [-0.1, -0.05) is 6.07 Å². The number of nitrogens with zero attached hydrogens (tertiary/aromatic N) is 4. The third-order valence-corrected chi connectivity index (χ3v) is 6.71. The van der Waals surface area contributed by atoms with E-state index in [0.29, 0.717) is 18.4 Å². The Balaban J connectivity index is 1.32. The van der Waals surface area contributed by atoms with E-state index in [0.717, 1.165) is 51.5 Å². The summed E-state index contributed by atoms with van der Waals surface area (Å²) in [7, 11) is 0. The minimum atomic E-state index is -0.738. The summed E-state index contributed by atoms with van der Waals surface area (Å²) in [6, 6.07) is 11.7. The van der Waals surface area contributed by atoms with Gasteiger partial charge in [0.25, 0.3) is 0 Å². The summed E-state index contributed by atoms with van der Waals surface area (Å²) in [4.78, 5) is 18.3. The number of thiazole rings is 1. The van der Waals surface area contributed by atoms with Gasteiger partial charge in [0.15, 0.2) is 0 Å². The van der Waals surface area contributed by atoms with Crippen molar-refractivity contribution in [3.05, 3.63) is 77.3 Å². The van der Waals surface area contributed by atoms with Crippen molar-refractivity contribution in [2.24, 2.45) is 0 Å². The number of benzene rings is 1. The zero-order valence-electron chi connectivity index (χ0n) is 17.7. The Bertz CT molecular complexity index is 1220. The van der Waals surface area contributed by atoms with Crippen molar-refractivity contribution < 1.29 is 9.84 Å². The van der Waals surface area contributed by atoms with Crippen LogP contribution in [0.1, 0.15) is 35.4 Å². The number of anilines is 2. The zero-order chi connectivity index (χ0) is 22.0. The molecule has 5 rings (SSSR count). The molecule has 3 heterocycles. The standard InChI is InChI=1S/C24H23N5O2S/c1-16-11-18(20-14-27-22(32-20)24(30)6-2-7-24)13-19(12-16)28-23-26-10-5-21(29-23)31-15-17-3-8-25-9-4-17/h3-5,8-14,30H,2,6-7,15H2,1H3,(H,26,28,29). The van der Waals surface area contributed by atoms with Gasteiger partial charge in [0.05, 0.1) is 4.88 Å². The lowest BCUT2D eigenvalue weighted by Gasteiger charge is -2.34. The molecule has 1 saturated carbocycles.